The van der Waals surface area contributed by atoms with Crippen LogP contribution in [0.2, 0.25) is 5.02 Å². The fourth-order valence-electron chi connectivity index (χ4n) is 4.90. The monoisotopic (exact) mass is 536 g/mol. The molecule has 2 aliphatic rings. The van der Waals surface area contributed by atoms with Crippen LogP contribution < -0.4 is 0 Å². The van der Waals surface area contributed by atoms with Crippen LogP contribution in [0.3, 0.4) is 0 Å². The minimum atomic E-state index is -0.905. The van der Waals surface area contributed by atoms with Gasteiger partial charge in [0.05, 0.1) is 11.8 Å². The van der Waals surface area contributed by atoms with Crippen molar-refractivity contribution in [3.05, 3.63) is 106 Å². The average Bonchev–Trinajstić information content (AvgIpc) is 3.31. The molecule has 3 aromatic carbocycles. The van der Waals surface area contributed by atoms with E-state index in [0.29, 0.717) is 5.56 Å². The Morgan fingerprint density at radius 3 is 2.45 bits per heavy atom. The van der Waals surface area contributed by atoms with Crippen molar-refractivity contribution in [2.75, 3.05) is 6.61 Å². The number of hydrazone groups is 1. The Morgan fingerprint density at radius 1 is 1.05 bits per heavy atom. The summed E-state index contributed by atoms with van der Waals surface area (Å²) in [6.07, 6.45) is 4.26. The Morgan fingerprint density at radius 2 is 1.74 bits per heavy atom. The number of hydrogen-bond donors (Lipinski definition) is 1. The third-order valence-corrected chi connectivity index (χ3v) is 6.92. The van der Waals surface area contributed by atoms with Crippen molar-refractivity contribution in [2.45, 2.75) is 25.3 Å². The number of aromatic hydroxyl groups is 1. The van der Waals surface area contributed by atoms with Crippen LogP contribution >= 0.6 is 11.6 Å². The first-order valence-electron chi connectivity index (χ1n) is 12.1. The van der Waals surface area contributed by atoms with Crippen molar-refractivity contribution >= 4 is 35.3 Å². The SMILES string of the molecule is O=C(OCC(=O)N1N=C2/C(=C\c3ccc(F)cc3)CCC[C@@H]2[C@H]1c1ccc(F)cc1)c1cc(Cl)ccc1O. The van der Waals surface area contributed by atoms with E-state index in [2.05, 4.69) is 5.10 Å². The van der Waals surface area contributed by atoms with E-state index in [4.69, 9.17) is 16.3 Å². The van der Waals surface area contributed by atoms with E-state index in [0.717, 1.165) is 36.1 Å². The van der Waals surface area contributed by atoms with Crippen LogP contribution in [0.25, 0.3) is 6.08 Å². The van der Waals surface area contributed by atoms with Gasteiger partial charge in [-0.05, 0) is 84.5 Å². The molecular formula is C29H23ClF2N2O4. The van der Waals surface area contributed by atoms with Crippen LogP contribution in [-0.2, 0) is 9.53 Å². The first-order valence-corrected chi connectivity index (χ1v) is 12.5. The van der Waals surface area contributed by atoms with Gasteiger partial charge in [-0.1, -0.05) is 35.9 Å². The number of allylic oxidation sites excluding steroid dienone is 1. The van der Waals surface area contributed by atoms with Gasteiger partial charge < -0.3 is 9.84 Å². The van der Waals surface area contributed by atoms with Crippen molar-refractivity contribution in [2.24, 2.45) is 11.0 Å². The number of amides is 1. The number of phenolic OH excluding ortho intramolecular Hbond substituents is 1. The number of carbonyl (C=O) groups is 2. The van der Waals surface area contributed by atoms with Gasteiger partial charge in [0.15, 0.2) is 6.61 Å². The lowest BCUT2D eigenvalue weighted by atomic mass is 9.77. The van der Waals surface area contributed by atoms with Gasteiger partial charge in [-0.15, -0.1) is 0 Å². The predicted octanol–water partition coefficient (Wildman–Crippen LogP) is 6.30. The average molecular weight is 537 g/mol. The number of phenols is 1. The lowest BCUT2D eigenvalue weighted by Gasteiger charge is -2.29. The molecule has 0 bridgehead atoms. The molecule has 0 aromatic heterocycles. The second-order valence-electron chi connectivity index (χ2n) is 9.18. The first kappa shape index (κ1) is 25.6. The summed E-state index contributed by atoms with van der Waals surface area (Å²) in [6.45, 7) is -0.622. The molecule has 3 aromatic rings. The van der Waals surface area contributed by atoms with Crippen molar-refractivity contribution in [1.82, 2.24) is 5.01 Å². The summed E-state index contributed by atoms with van der Waals surface area (Å²) in [7, 11) is 0. The van der Waals surface area contributed by atoms with Crippen LogP contribution in [0, 0.1) is 17.6 Å². The molecule has 1 amide bonds. The minimum Gasteiger partial charge on any atom is -0.507 e. The molecule has 6 nitrogen and oxygen atoms in total. The standard InChI is InChI=1S/C29H23ClF2N2O4/c30-20-8-13-25(35)24(15-20)29(37)38-16-26(36)34-28(18-6-11-22(32)12-7-18)23-3-1-2-19(27(23)33-34)14-17-4-9-21(31)10-5-17/h4-15,23,28,35H,1-3,16H2/b19-14-/t23-,28+/m0/s1. The lowest BCUT2D eigenvalue weighted by molar-refractivity contribution is -0.137. The Hall–Kier alpha value is -4.04. The van der Waals surface area contributed by atoms with E-state index in [1.165, 1.54) is 47.5 Å². The number of benzene rings is 3. The molecule has 9 heteroatoms. The quantitative estimate of drug-likeness (QED) is 0.388. The fraction of sp³-hybridized carbons (Fsp3) is 0.207. The van der Waals surface area contributed by atoms with Crippen LogP contribution in [0.4, 0.5) is 8.78 Å². The molecule has 1 aliphatic carbocycles. The molecule has 38 heavy (non-hydrogen) atoms. The molecule has 1 N–H and O–H groups in total. The van der Waals surface area contributed by atoms with Crippen molar-refractivity contribution < 1.29 is 28.2 Å². The molecule has 5 rings (SSSR count). The minimum absolute atomic E-state index is 0.155. The summed E-state index contributed by atoms with van der Waals surface area (Å²) >= 11 is 5.91. The molecule has 0 unspecified atom stereocenters. The zero-order valence-electron chi connectivity index (χ0n) is 20.1. The summed E-state index contributed by atoms with van der Waals surface area (Å²) < 4.78 is 32.3. The number of nitrogens with zero attached hydrogens (tertiary/aromatic N) is 2. The Kier molecular flexibility index (Phi) is 7.24. The van der Waals surface area contributed by atoms with Gasteiger partial charge in [-0.3, -0.25) is 4.79 Å². The summed E-state index contributed by atoms with van der Waals surface area (Å²) in [5.74, 6) is -2.69. The predicted molar refractivity (Wildman–Crippen MR) is 139 cm³/mol. The third-order valence-electron chi connectivity index (χ3n) is 6.68. The Balaban J connectivity index is 1.44. The van der Waals surface area contributed by atoms with E-state index < -0.39 is 30.3 Å². The summed E-state index contributed by atoms with van der Waals surface area (Å²) in [5.41, 5.74) is 3.00. The van der Waals surface area contributed by atoms with E-state index in [9.17, 15) is 23.5 Å². The normalized spacial score (nSPS) is 19.7. The number of carbonyl (C=O) groups excluding carboxylic acids is 2. The van der Waals surface area contributed by atoms with Gasteiger partial charge in [0.1, 0.15) is 22.9 Å². The van der Waals surface area contributed by atoms with Crippen LogP contribution in [-0.4, -0.2) is 34.3 Å². The molecule has 0 saturated heterocycles. The summed E-state index contributed by atoms with van der Waals surface area (Å²) in [5, 5.41) is 16.2. The van der Waals surface area contributed by atoms with Gasteiger partial charge in [0, 0.05) is 10.9 Å². The summed E-state index contributed by atoms with van der Waals surface area (Å²) in [6, 6.07) is 15.4. The topological polar surface area (TPSA) is 79.2 Å². The molecule has 2 atom stereocenters. The highest BCUT2D eigenvalue weighted by atomic mass is 35.5. The molecule has 1 saturated carbocycles. The van der Waals surface area contributed by atoms with E-state index in [1.54, 1.807) is 24.3 Å². The fourth-order valence-corrected chi connectivity index (χ4v) is 5.08. The second kappa shape index (κ2) is 10.8. The summed E-state index contributed by atoms with van der Waals surface area (Å²) in [4.78, 5) is 25.9. The maximum absolute atomic E-state index is 13.7. The molecule has 0 radical (unpaired) electrons. The van der Waals surface area contributed by atoms with Gasteiger partial charge in [0.25, 0.3) is 5.91 Å². The van der Waals surface area contributed by atoms with Crippen LogP contribution in [0.5, 0.6) is 5.75 Å². The van der Waals surface area contributed by atoms with Crippen molar-refractivity contribution in [1.29, 1.82) is 0 Å². The Labute approximate surface area is 222 Å². The van der Waals surface area contributed by atoms with E-state index in [1.807, 2.05) is 6.08 Å². The maximum atomic E-state index is 13.7. The number of fused-ring (bicyclic) bond motifs is 1. The van der Waals surface area contributed by atoms with Gasteiger partial charge in [-0.2, -0.15) is 5.10 Å². The molecule has 1 heterocycles. The van der Waals surface area contributed by atoms with Crippen molar-refractivity contribution in [3.63, 3.8) is 0 Å². The lowest BCUT2D eigenvalue weighted by Crippen LogP contribution is -2.34. The molecule has 0 spiro atoms. The molecule has 194 valence electrons. The largest absolute Gasteiger partial charge is 0.507 e. The number of esters is 1. The zero-order valence-corrected chi connectivity index (χ0v) is 20.9. The van der Waals surface area contributed by atoms with Crippen molar-refractivity contribution in [3.8, 4) is 5.75 Å². The number of ether oxygens (including phenoxy) is 1. The first-order chi connectivity index (χ1) is 18.3. The van der Waals surface area contributed by atoms with Crippen LogP contribution in [0.15, 0.2) is 77.4 Å². The highest BCUT2D eigenvalue weighted by Crippen LogP contribution is 2.44. The molecular weight excluding hydrogens is 514 g/mol. The highest BCUT2D eigenvalue weighted by Gasteiger charge is 2.44. The second-order valence-corrected chi connectivity index (χ2v) is 9.61. The third kappa shape index (κ3) is 5.31. The highest BCUT2D eigenvalue weighted by molar-refractivity contribution is 6.31. The number of halogens is 3. The molecule has 1 fully saturated rings. The smallest absolute Gasteiger partial charge is 0.342 e. The zero-order chi connectivity index (χ0) is 26.8. The number of hydrogen-bond acceptors (Lipinski definition) is 5. The Bertz CT molecular complexity index is 1440. The van der Waals surface area contributed by atoms with E-state index >= 15 is 0 Å². The van der Waals surface area contributed by atoms with Gasteiger partial charge >= 0.3 is 5.97 Å². The number of rotatable bonds is 5. The maximum Gasteiger partial charge on any atom is 0.342 e. The molecule has 1 aliphatic heterocycles. The van der Waals surface area contributed by atoms with Gasteiger partial charge in [-0.25, -0.2) is 18.6 Å². The van der Waals surface area contributed by atoms with Crippen LogP contribution in [0.1, 0.15) is 46.8 Å². The van der Waals surface area contributed by atoms with Gasteiger partial charge in [0.2, 0.25) is 0 Å². The van der Waals surface area contributed by atoms with E-state index in [-0.39, 0.29) is 28.1 Å².